The highest BCUT2D eigenvalue weighted by atomic mass is 79.9. The first-order chi connectivity index (χ1) is 10.0. The topological polar surface area (TPSA) is 66.8 Å². The number of amides is 1. The molecule has 3 heterocycles. The van der Waals surface area contributed by atoms with E-state index in [9.17, 15) is 14.7 Å². The first kappa shape index (κ1) is 13.0. The van der Waals surface area contributed by atoms with Crippen molar-refractivity contribution in [1.82, 2.24) is 0 Å². The molecule has 0 aromatic heterocycles. The van der Waals surface area contributed by atoms with Gasteiger partial charge in [0.25, 0.3) is 0 Å². The minimum absolute atomic E-state index is 0.179. The number of benzene rings is 1. The highest BCUT2D eigenvalue weighted by Crippen LogP contribution is 2.53. The number of ether oxygens (including phenoxy) is 1. The third kappa shape index (κ3) is 1.60. The monoisotopic (exact) mass is 349 g/mol. The molecule has 5 nitrogen and oxygen atoms in total. The number of rotatable bonds is 2. The maximum absolute atomic E-state index is 12.8. The largest absolute Gasteiger partial charge is 0.481 e. The van der Waals surface area contributed by atoms with Gasteiger partial charge in [-0.05, 0) is 28.1 Å². The van der Waals surface area contributed by atoms with Gasteiger partial charge < -0.3 is 14.7 Å². The van der Waals surface area contributed by atoms with Crippen LogP contribution in [0.2, 0.25) is 0 Å². The summed E-state index contributed by atoms with van der Waals surface area (Å²) in [7, 11) is 0. The predicted molar refractivity (Wildman–Crippen MR) is 77.9 cm³/mol. The number of carbonyl (C=O) groups is 2. The molecule has 0 aliphatic carbocycles. The highest BCUT2D eigenvalue weighted by molar-refractivity contribution is 9.10. The average molecular weight is 350 g/mol. The van der Waals surface area contributed by atoms with Crippen molar-refractivity contribution in [2.24, 2.45) is 11.8 Å². The van der Waals surface area contributed by atoms with Crippen LogP contribution in [0.4, 0.5) is 5.69 Å². The van der Waals surface area contributed by atoms with Gasteiger partial charge in [-0.2, -0.15) is 0 Å². The van der Waals surface area contributed by atoms with E-state index in [1.165, 1.54) is 0 Å². The van der Waals surface area contributed by atoms with E-state index in [0.717, 1.165) is 10.2 Å². The van der Waals surface area contributed by atoms with Crippen LogP contribution in [-0.4, -0.2) is 35.2 Å². The van der Waals surface area contributed by atoms with Crippen molar-refractivity contribution in [3.05, 3.63) is 40.9 Å². The quantitative estimate of drug-likeness (QED) is 0.827. The van der Waals surface area contributed by atoms with Crippen LogP contribution in [0.25, 0.3) is 0 Å². The molecule has 6 heteroatoms. The molecule has 1 aromatic rings. The number of aliphatic carboxylic acids is 1. The van der Waals surface area contributed by atoms with Crippen molar-refractivity contribution in [3.8, 4) is 0 Å². The van der Waals surface area contributed by atoms with Gasteiger partial charge in [0.2, 0.25) is 5.91 Å². The fourth-order valence-electron chi connectivity index (χ4n) is 3.65. The Labute approximate surface area is 129 Å². The molecular weight excluding hydrogens is 338 g/mol. The zero-order valence-electron chi connectivity index (χ0n) is 10.9. The average Bonchev–Trinajstić information content (AvgIpc) is 3.08. The first-order valence-electron chi connectivity index (χ1n) is 6.69. The number of fused-ring (bicyclic) bond motifs is 1. The maximum Gasteiger partial charge on any atom is 0.310 e. The van der Waals surface area contributed by atoms with Gasteiger partial charge in [-0.3, -0.25) is 9.59 Å². The summed E-state index contributed by atoms with van der Waals surface area (Å²) in [6.45, 7) is 0.357. The number of nitrogens with zero attached hydrogens (tertiary/aromatic N) is 1. The molecule has 108 valence electrons. The normalized spacial score (nSPS) is 36.3. The highest BCUT2D eigenvalue weighted by Gasteiger charge is 2.67. The third-order valence-corrected chi connectivity index (χ3v) is 5.20. The molecule has 0 saturated carbocycles. The third-order valence-electron chi connectivity index (χ3n) is 4.53. The summed E-state index contributed by atoms with van der Waals surface area (Å²) in [4.78, 5) is 25.9. The number of hydrogen-bond acceptors (Lipinski definition) is 3. The van der Waals surface area contributed by atoms with Gasteiger partial charge in [0.15, 0.2) is 0 Å². The molecule has 2 bridgehead atoms. The molecule has 4 atom stereocenters. The Bertz CT molecular complexity index is 688. The second kappa shape index (κ2) is 4.18. The van der Waals surface area contributed by atoms with E-state index in [1.54, 1.807) is 11.0 Å². The molecule has 1 aromatic carbocycles. The molecule has 1 N–H and O–H groups in total. The Hall–Kier alpha value is -1.66. The molecule has 1 spiro atoms. The molecule has 0 unspecified atom stereocenters. The number of anilines is 1. The summed E-state index contributed by atoms with van der Waals surface area (Å²) >= 11 is 3.44. The standard InChI is InChI=1S/C15H12BrNO4/c16-8-3-1-2-4-9(8)17-7-15-6-5-10(21-15)11(14(19)20)12(15)13(17)18/h1-6,10-12H,7H2,(H,19,20)/t10-,11-,12-,15+/m1/s1. The molecule has 4 rings (SSSR count). The van der Waals surface area contributed by atoms with E-state index in [1.807, 2.05) is 30.3 Å². The van der Waals surface area contributed by atoms with Crippen LogP contribution < -0.4 is 4.90 Å². The van der Waals surface area contributed by atoms with Gasteiger partial charge in [0.05, 0.1) is 24.3 Å². The Morgan fingerprint density at radius 3 is 2.90 bits per heavy atom. The smallest absolute Gasteiger partial charge is 0.310 e. The number of halogens is 1. The molecule has 3 aliphatic rings. The van der Waals surface area contributed by atoms with E-state index in [0.29, 0.717) is 6.54 Å². The van der Waals surface area contributed by atoms with E-state index in [2.05, 4.69) is 15.9 Å². The zero-order chi connectivity index (χ0) is 14.8. The molecule has 3 aliphatic heterocycles. The molecule has 2 saturated heterocycles. The van der Waals surface area contributed by atoms with Crippen LogP contribution in [0.15, 0.2) is 40.9 Å². The van der Waals surface area contributed by atoms with Crippen molar-refractivity contribution in [2.45, 2.75) is 11.7 Å². The zero-order valence-corrected chi connectivity index (χ0v) is 12.5. The minimum Gasteiger partial charge on any atom is -0.481 e. The van der Waals surface area contributed by atoms with Gasteiger partial charge in [-0.1, -0.05) is 24.3 Å². The fraction of sp³-hybridized carbons (Fsp3) is 0.333. The summed E-state index contributed by atoms with van der Waals surface area (Å²) < 4.78 is 6.66. The van der Waals surface area contributed by atoms with Crippen LogP contribution in [0, 0.1) is 11.8 Å². The summed E-state index contributed by atoms with van der Waals surface area (Å²) in [6.07, 6.45) is 3.14. The summed E-state index contributed by atoms with van der Waals surface area (Å²) in [5.41, 5.74) is -0.0454. The number of carbonyl (C=O) groups excluding carboxylic acids is 1. The summed E-state index contributed by atoms with van der Waals surface area (Å²) in [5, 5.41) is 9.41. The minimum atomic E-state index is -0.974. The van der Waals surface area contributed by atoms with Gasteiger partial charge in [-0.15, -0.1) is 0 Å². The molecular formula is C15H12BrNO4. The Balaban J connectivity index is 1.78. The van der Waals surface area contributed by atoms with Crippen LogP contribution >= 0.6 is 15.9 Å². The lowest BCUT2D eigenvalue weighted by atomic mass is 9.77. The van der Waals surface area contributed by atoms with Crippen LogP contribution in [-0.2, 0) is 14.3 Å². The molecule has 2 fully saturated rings. The predicted octanol–water partition coefficient (Wildman–Crippen LogP) is 1.82. The van der Waals surface area contributed by atoms with Gasteiger partial charge in [0.1, 0.15) is 11.5 Å². The molecule has 1 amide bonds. The Kier molecular flexibility index (Phi) is 2.59. The van der Waals surface area contributed by atoms with Crippen LogP contribution in [0.1, 0.15) is 0 Å². The van der Waals surface area contributed by atoms with E-state index in [-0.39, 0.29) is 5.91 Å². The first-order valence-corrected chi connectivity index (χ1v) is 7.49. The number of carboxylic acid groups (broad SMARTS) is 1. The lowest BCUT2D eigenvalue weighted by molar-refractivity contribution is -0.146. The van der Waals surface area contributed by atoms with Gasteiger partial charge in [0, 0.05) is 4.47 Å². The Morgan fingerprint density at radius 1 is 1.43 bits per heavy atom. The second-order valence-corrected chi connectivity index (χ2v) is 6.47. The Morgan fingerprint density at radius 2 is 2.19 bits per heavy atom. The molecule has 0 radical (unpaired) electrons. The van der Waals surface area contributed by atoms with Crippen molar-refractivity contribution in [3.63, 3.8) is 0 Å². The van der Waals surface area contributed by atoms with E-state index in [4.69, 9.17) is 4.74 Å². The lowest BCUT2D eigenvalue weighted by Gasteiger charge is -2.22. The SMILES string of the molecule is O=C(O)[C@@H]1[C@H]2C=C[C@@]3(CN(c4ccccc4Br)C(=O)[C@@H]13)O2. The number of para-hydroxylation sites is 1. The van der Waals surface area contributed by atoms with Gasteiger partial charge >= 0.3 is 5.97 Å². The molecule has 21 heavy (non-hydrogen) atoms. The fourth-order valence-corrected chi connectivity index (χ4v) is 4.15. The van der Waals surface area contributed by atoms with Gasteiger partial charge in [-0.25, -0.2) is 0 Å². The lowest BCUT2D eigenvalue weighted by Crippen LogP contribution is -2.39. The summed E-state index contributed by atoms with van der Waals surface area (Å²) in [5.74, 6) is -2.59. The number of hydrogen-bond donors (Lipinski definition) is 1. The second-order valence-electron chi connectivity index (χ2n) is 5.61. The van der Waals surface area contributed by atoms with Crippen molar-refractivity contribution >= 4 is 33.5 Å². The number of carboxylic acids is 1. The van der Waals surface area contributed by atoms with Crippen molar-refractivity contribution in [1.29, 1.82) is 0 Å². The van der Waals surface area contributed by atoms with E-state index >= 15 is 0 Å². The van der Waals surface area contributed by atoms with Crippen LogP contribution in [0.5, 0.6) is 0 Å². The summed E-state index contributed by atoms with van der Waals surface area (Å²) in [6, 6.07) is 7.42. The van der Waals surface area contributed by atoms with Crippen LogP contribution in [0.3, 0.4) is 0 Å². The van der Waals surface area contributed by atoms with Crippen molar-refractivity contribution < 1.29 is 19.4 Å². The van der Waals surface area contributed by atoms with E-state index < -0.39 is 29.5 Å². The van der Waals surface area contributed by atoms with Crippen molar-refractivity contribution in [2.75, 3.05) is 11.4 Å². The maximum atomic E-state index is 12.8.